The largest absolute Gasteiger partial charge is 0.398 e. The third-order valence-corrected chi connectivity index (χ3v) is 9.50. The highest BCUT2D eigenvalue weighted by atomic mass is 79.9. The molecule has 0 saturated carbocycles. The zero-order valence-electron chi connectivity index (χ0n) is 21.9. The van der Waals surface area contributed by atoms with Gasteiger partial charge in [0.15, 0.2) is 0 Å². The molecule has 0 fully saturated rings. The van der Waals surface area contributed by atoms with Gasteiger partial charge in [0.05, 0.1) is 22.2 Å². The number of oxazole rings is 1. The molecule has 1 unspecified atom stereocenters. The zero-order chi connectivity index (χ0) is 26.5. The Kier molecular flexibility index (Phi) is 6.21. The van der Waals surface area contributed by atoms with Crippen molar-refractivity contribution in [1.29, 1.82) is 0 Å². The van der Waals surface area contributed by atoms with E-state index in [-0.39, 0.29) is 0 Å². The van der Waals surface area contributed by atoms with Crippen LogP contribution in [0.3, 0.4) is 0 Å². The topological polar surface area (TPSA) is 20.3 Å². The summed E-state index contributed by atoms with van der Waals surface area (Å²) in [7, 11) is 4.27. The van der Waals surface area contributed by atoms with E-state index >= 15 is 0 Å². The van der Waals surface area contributed by atoms with E-state index in [2.05, 4.69) is 143 Å². The van der Waals surface area contributed by atoms with E-state index in [0.717, 1.165) is 34.3 Å². The standard InChI is InChI=1S/C34H28BrN2OS/c1-36-29-9-5-6-10-31(29)39-33(36)21-23-17-22(18-26(19-23)24-11-14-27(35)15-12-24)20-32-37(2)34-28-8-4-3-7-25(28)13-16-30(34)38-32/h3-17,20-21,26H,18-19H2,1-2H3/q+1. The van der Waals surface area contributed by atoms with Gasteiger partial charge in [-0.1, -0.05) is 82.3 Å². The van der Waals surface area contributed by atoms with Crippen LogP contribution in [-0.2, 0) is 7.05 Å². The number of rotatable bonds is 3. The molecule has 39 heavy (non-hydrogen) atoms. The van der Waals surface area contributed by atoms with Crippen molar-refractivity contribution in [2.24, 2.45) is 7.05 Å². The predicted molar refractivity (Wildman–Crippen MR) is 166 cm³/mol. The van der Waals surface area contributed by atoms with Gasteiger partial charge in [0.25, 0.3) is 5.52 Å². The van der Waals surface area contributed by atoms with Crippen LogP contribution in [0.25, 0.3) is 27.9 Å². The highest BCUT2D eigenvalue weighted by molar-refractivity contribution is 9.10. The molecule has 4 aromatic carbocycles. The molecule has 1 aliphatic carbocycles. The van der Waals surface area contributed by atoms with Crippen LogP contribution in [0.15, 0.2) is 127 Å². The molecule has 5 heteroatoms. The SMILES string of the molecule is CN1C(=CC2=CC(=Cc3oc4ccc5ccccc5c4[n+]3C)CC(c3ccc(Br)cc3)C2)Sc2ccccc21. The fourth-order valence-electron chi connectivity index (χ4n) is 5.81. The number of thioether (sulfide) groups is 1. The highest BCUT2D eigenvalue weighted by Gasteiger charge is 2.26. The molecule has 0 N–H and O–H groups in total. The minimum Gasteiger partial charge on any atom is -0.398 e. The van der Waals surface area contributed by atoms with Gasteiger partial charge in [-0.3, -0.25) is 0 Å². The lowest BCUT2D eigenvalue weighted by Crippen LogP contribution is -2.29. The van der Waals surface area contributed by atoms with E-state index in [4.69, 9.17) is 4.42 Å². The summed E-state index contributed by atoms with van der Waals surface area (Å²) in [5.74, 6) is 1.27. The van der Waals surface area contributed by atoms with Crippen LogP contribution in [0.2, 0.25) is 0 Å². The van der Waals surface area contributed by atoms with Gasteiger partial charge in [0.1, 0.15) is 7.05 Å². The lowest BCUT2D eigenvalue weighted by molar-refractivity contribution is -0.651. The quantitative estimate of drug-likeness (QED) is 0.195. The lowest BCUT2D eigenvalue weighted by atomic mass is 9.81. The first-order valence-electron chi connectivity index (χ1n) is 13.2. The number of hydrogen-bond donors (Lipinski definition) is 0. The van der Waals surface area contributed by atoms with Crippen molar-refractivity contribution in [3.8, 4) is 0 Å². The van der Waals surface area contributed by atoms with Crippen LogP contribution in [0.1, 0.15) is 30.2 Å². The predicted octanol–water partition coefficient (Wildman–Crippen LogP) is 9.14. The molecular formula is C34H28BrN2OS+. The number of hydrogen-bond acceptors (Lipinski definition) is 3. The summed E-state index contributed by atoms with van der Waals surface area (Å²) < 4.78 is 9.72. The Morgan fingerprint density at radius 3 is 2.56 bits per heavy atom. The van der Waals surface area contributed by atoms with Crippen molar-refractivity contribution in [1.82, 2.24) is 0 Å². The van der Waals surface area contributed by atoms with E-state index in [9.17, 15) is 0 Å². The smallest absolute Gasteiger partial charge is 0.374 e. The molecular weight excluding hydrogens is 564 g/mol. The molecule has 1 atom stereocenters. The Morgan fingerprint density at radius 2 is 1.72 bits per heavy atom. The third kappa shape index (κ3) is 4.54. The zero-order valence-corrected chi connectivity index (χ0v) is 24.3. The number of allylic oxidation sites excluding steroid dienone is 4. The second-order valence-electron chi connectivity index (χ2n) is 10.3. The maximum absolute atomic E-state index is 6.42. The van der Waals surface area contributed by atoms with Crippen LogP contribution in [0.4, 0.5) is 5.69 Å². The second kappa shape index (κ2) is 9.89. The van der Waals surface area contributed by atoms with Crippen LogP contribution in [0, 0.1) is 0 Å². The fourth-order valence-corrected chi connectivity index (χ4v) is 7.21. The van der Waals surface area contributed by atoms with E-state index in [1.54, 1.807) is 0 Å². The molecule has 5 aromatic rings. The van der Waals surface area contributed by atoms with Crippen LogP contribution in [-0.4, -0.2) is 7.05 Å². The van der Waals surface area contributed by atoms with Crippen molar-refractivity contribution < 1.29 is 8.98 Å². The summed E-state index contributed by atoms with van der Waals surface area (Å²) in [5.41, 5.74) is 7.30. The van der Waals surface area contributed by atoms with Crippen molar-refractivity contribution in [2.45, 2.75) is 23.7 Å². The van der Waals surface area contributed by atoms with Crippen molar-refractivity contribution in [3.63, 3.8) is 0 Å². The molecule has 1 aromatic heterocycles. The molecule has 1 aliphatic heterocycles. The van der Waals surface area contributed by atoms with Gasteiger partial charge in [-0.15, -0.1) is 0 Å². The summed E-state index contributed by atoms with van der Waals surface area (Å²) in [6.45, 7) is 0. The Bertz CT molecular complexity index is 1830. The lowest BCUT2D eigenvalue weighted by Gasteiger charge is -2.24. The first-order valence-corrected chi connectivity index (χ1v) is 14.8. The minimum atomic E-state index is 0.399. The van der Waals surface area contributed by atoms with Crippen LogP contribution in [0.5, 0.6) is 0 Å². The second-order valence-corrected chi connectivity index (χ2v) is 12.3. The number of para-hydroxylation sites is 1. The number of anilines is 1. The van der Waals surface area contributed by atoms with Gasteiger partial charge in [0, 0.05) is 16.4 Å². The van der Waals surface area contributed by atoms with Gasteiger partial charge >= 0.3 is 5.89 Å². The molecule has 0 saturated heterocycles. The number of benzene rings is 4. The molecule has 0 bridgehead atoms. The van der Waals surface area contributed by atoms with Crippen molar-refractivity contribution in [3.05, 3.63) is 129 Å². The van der Waals surface area contributed by atoms with Crippen LogP contribution >= 0.6 is 27.7 Å². The van der Waals surface area contributed by atoms with Crippen molar-refractivity contribution in [2.75, 3.05) is 11.9 Å². The molecule has 0 spiro atoms. The average molecular weight is 593 g/mol. The molecule has 192 valence electrons. The van der Waals surface area contributed by atoms with E-state index in [0.29, 0.717) is 5.92 Å². The summed E-state index contributed by atoms with van der Waals surface area (Å²) in [5, 5.41) is 3.70. The molecule has 7 rings (SSSR count). The van der Waals surface area contributed by atoms with Gasteiger partial charge in [-0.2, -0.15) is 4.57 Å². The van der Waals surface area contributed by atoms with E-state index in [1.807, 2.05) is 11.8 Å². The van der Waals surface area contributed by atoms with Crippen LogP contribution < -0.4 is 9.47 Å². The minimum absolute atomic E-state index is 0.399. The number of aryl methyl sites for hydroxylation is 1. The first kappa shape index (κ1) is 24.5. The molecule has 2 aliphatic rings. The maximum Gasteiger partial charge on any atom is 0.374 e. The molecule has 2 heterocycles. The summed E-state index contributed by atoms with van der Waals surface area (Å²) in [6.07, 6.45) is 8.94. The number of halogens is 1. The number of nitrogens with zero attached hydrogens (tertiary/aromatic N) is 2. The maximum atomic E-state index is 6.42. The highest BCUT2D eigenvalue weighted by Crippen LogP contribution is 2.46. The van der Waals surface area contributed by atoms with E-state index in [1.165, 1.54) is 43.1 Å². The average Bonchev–Trinajstić information content (AvgIpc) is 3.44. The first-order chi connectivity index (χ1) is 19.0. The summed E-state index contributed by atoms with van der Waals surface area (Å²) in [6, 6.07) is 30.2. The Hall–Kier alpha value is -3.54. The fraction of sp³-hybridized carbons (Fsp3) is 0.147. The number of aromatic nitrogens is 1. The molecule has 3 nitrogen and oxygen atoms in total. The number of fused-ring (bicyclic) bond motifs is 4. The van der Waals surface area contributed by atoms with Gasteiger partial charge in [-0.05, 0) is 83.3 Å². The van der Waals surface area contributed by atoms with Crippen molar-refractivity contribution >= 4 is 61.3 Å². The monoisotopic (exact) mass is 591 g/mol. The summed E-state index contributed by atoms with van der Waals surface area (Å²) in [4.78, 5) is 3.61. The molecule has 0 radical (unpaired) electrons. The third-order valence-electron chi connectivity index (χ3n) is 7.81. The Morgan fingerprint density at radius 1 is 0.923 bits per heavy atom. The van der Waals surface area contributed by atoms with Gasteiger partial charge in [-0.25, -0.2) is 0 Å². The molecule has 0 amide bonds. The Labute approximate surface area is 241 Å². The normalized spacial score (nSPS) is 19.3. The summed E-state index contributed by atoms with van der Waals surface area (Å²) >= 11 is 5.45. The Balaban J connectivity index is 1.31. The van der Waals surface area contributed by atoms with Gasteiger partial charge < -0.3 is 9.32 Å². The van der Waals surface area contributed by atoms with Gasteiger partial charge in [0.2, 0.25) is 5.58 Å². The van der Waals surface area contributed by atoms with E-state index < -0.39 is 0 Å².